The molecule has 0 aromatic carbocycles. The second kappa shape index (κ2) is 9.29. The Labute approximate surface area is 106 Å². The van der Waals surface area contributed by atoms with Crippen LogP contribution in [0.5, 0.6) is 0 Å². The largest absolute Gasteiger partial charge is 0.481 e. The van der Waals surface area contributed by atoms with Crippen molar-refractivity contribution in [3.63, 3.8) is 0 Å². The van der Waals surface area contributed by atoms with Crippen molar-refractivity contribution in [3.05, 3.63) is 0 Å². The van der Waals surface area contributed by atoms with Gasteiger partial charge in [0.25, 0.3) is 0 Å². The molecule has 0 saturated heterocycles. The third-order valence-electron chi connectivity index (χ3n) is 2.20. The second-order valence-electron chi connectivity index (χ2n) is 3.70. The molecule has 0 spiro atoms. The summed E-state index contributed by atoms with van der Waals surface area (Å²) in [7, 11) is 3.22. The molecule has 1 atom stereocenters. The smallest absolute Gasteiger partial charge is 0.303 e. The van der Waals surface area contributed by atoms with E-state index < -0.39 is 12.0 Å². The lowest BCUT2D eigenvalue weighted by atomic mass is 10.1. The third kappa shape index (κ3) is 7.50. The van der Waals surface area contributed by atoms with Gasteiger partial charge in [0.1, 0.15) is 0 Å². The van der Waals surface area contributed by atoms with E-state index in [4.69, 9.17) is 10.8 Å². The van der Waals surface area contributed by atoms with Crippen LogP contribution in [0.15, 0.2) is 9.98 Å². The van der Waals surface area contributed by atoms with Gasteiger partial charge < -0.3 is 16.2 Å². The van der Waals surface area contributed by atoms with Crippen LogP contribution in [-0.4, -0.2) is 55.6 Å². The van der Waals surface area contributed by atoms with Crippen LogP contribution in [0.3, 0.4) is 0 Å². The standard InChI is InChI=1S/C11H20N4O3/c1-13-7-8(14-2)6-9(12)11(18)15-5-3-4-10(16)17/h7,9H,3-6,12H2,1-2H3,(H,15,18)(H,16,17). The number of hydrogen-bond acceptors (Lipinski definition) is 5. The van der Waals surface area contributed by atoms with Crippen LogP contribution in [0.1, 0.15) is 19.3 Å². The summed E-state index contributed by atoms with van der Waals surface area (Å²) in [5, 5.41) is 11.0. The zero-order valence-electron chi connectivity index (χ0n) is 10.7. The van der Waals surface area contributed by atoms with Gasteiger partial charge in [-0.25, -0.2) is 0 Å². The molecule has 0 aliphatic carbocycles. The Morgan fingerprint density at radius 3 is 2.61 bits per heavy atom. The molecule has 0 rings (SSSR count). The van der Waals surface area contributed by atoms with E-state index in [1.165, 1.54) is 0 Å². The lowest BCUT2D eigenvalue weighted by Crippen LogP contribution is -2.42. The average Bonchev–Trinajstić information content (AvgIpc) is 2.33. The molecule has 0 heterocycles. The molecular weight excluding hydrogens is 236 g/mol. The maximum absolute atomic E-state index is 11.6. The molecule has 1 unspecified atom stereocenters. The number of carbonyl (C=O) groups excluding carboxylic acids is 1. The molecule has 0 aliphatic rings. The van der Waals surface area contributed by atoms with Crippen LogP contribution in [0.25, 0.3) is 0 Å². The number of amides is 1. The van der Waals surface area contributed by atoms with E-state index in [1.807, 2.05) is 0 Å². The lowest BCUT2D eigenvalue weighted by Gasteiger charge is -2.11. The van der Waals surface area contributed by atoms with Gasteiger partial charge in [0, 0.05) is 39.7 Å². The van der Waals surface area contributed by atoms with Crippen molar-refractivity contribution in [2.24, 2.45) is 15.7 Å². The SMILES string of the molecule is CN=CC(CC(N)C(=O)NCCCC(=O)O)=NC. The first-order valence-corrected chi connectivity index (χ1v) is 5.64. The highest BCUT2D eigenvalue weighted by Crippen LogP contribution is 1.93. The van der Waals surface area contributed by atoms with E-state index in [9.17, 15) is 9.59 Å². The van der Waals surface area contributed by atoms with Gasteiger partial charge in [-0.1, -0.05) is 0 Å². The summed E-state index contributed by atoms with van der Waals surface area (Å²) in [5.41, 5.74) is 6.34. The van der Waals surface area contributed by atoms with Crippen LogP contribution in [-0.2, 0) is 9.59 Å². The van der Waals surface area contributed by atoms with Gasteiger partial charge in [-0.15, -0.1) is 0 Å². The number of carboxylic acid groups (broad SMARTS) is 1. The van der Waals surface area contributed by atoms with Gasteiger partial charge >= 0.3 is 5.97 Å². The monoisotopic (exact) mass is 256 g/mol. The van der Waals surface area contributed by atoms with Gasteiger partial charge in [-0.3, -0.25) is 19.6 Å². The fourth-order valence-electron chi connectivity index (χ4n) is 1.25. The maximum Gasteiger partial charge on any atom is 0.303 e. The Hall–Kier alpha value is -1.76. The summed E-state index contributed by atoms with van der Waals surface area (Å²) >= 11 is 0. The van der Waals surface area contributed by atoms with Crippen molar-refractivity contribution < 1.29 is 14.7 Å². The molecule has 0 bridgehead atoms. The molecular formula is C11H20N4O3. The molecule has 0 saturated carbocycles. The average molecular weight is 256 g/mol. The summed E-state index contributed by atoms with van der Waals surface area (Å²) in [5.74, 6) is -1.20. The number of hydrogen-bond donors (Lipinski definition) is 3. The molecule has 0 radical (unpaired) electrons. The number of rotatable bonds is 8. The van der Waals surface area contributed by atoms with E-state index in [-0.39, 0.29) is 12.3 Å². The topological polar surface area (TPSA) is 117 Å². The minimum absolute atomic E-state index is 0.0275. The Kier molecular flexibility index (Phi) is 8.38. The molecule has 7 heteroatoms. The highest BCUT2D eigenvalue weighted by molar-refractivity contribution is 6.31. The number of nitrogens with zero attached hydrogens (tertiary/aromatic N) is 2. The first kappa shape index (κ1) is 16.2. The van der Waals surface area contributed by atoms with Crippen molar-refractivity contribution in [3.8, 4) is 0 Å². The van der Waals surface area contributed by atoms with E-state index in [2.05, 4.69) is 15.3 Å². The molecule has 4 N–H and O–H groups in total. The van der Waals surface area contributed by atoms with E-state index >= 15 is 0 Å². The van der Waals surface area contributed by atoms with Gasteiger partial charge in [-0.05, 0) is 6.42 Å². The number of nitrogens with one attached hydrogen (secondary N) is 1. The van der Waals surface area contributed by atoms with Crippen molar-refractivity contribution in [1.29, 1.82) is 0 Å². The fourth-order valence-corrected chi connectivity index (χ4v) is 1.25. The summed E-state index contributed by atoms with van der Waals surface area (Å²) in [6.07, 6.45) is 2.27. The normalized spacial score (nSPS) is 13.6. The molecule has 0 fully saturated rings. The quantitative estimate of drug-likeness (QED) is 0.399. The van der Waals surface area contributed by atoms with E-state index in [1.54, 1.807) is 20.3 Å². The van der Waals surface area contributed by atoms with Crippen molar-refractivity contribution in [2.75, 3.05) is 20.6 Å². The second-order valence-corrected chi connectivity index (χ2v) is 3.70. The number of nitrogens with two attached hydrogens (primary N) is 1. The predicted molar refractivity (Wildman–Crippen MR) is 70.2 cm³/mol. The Morgan fingerprint density at radius 1 is 1.44 bits per heavy atom. The minimum atomic E-state index is -0.881. The van der Waals surface area contributed by atoms with Crippen molar-refractivity contribution >= 4 is 23.8 Å². The van der Waals surface area contributed by atoms with Gasteiger partial charge in [0.2, 0.25) is 5.91 Å². The number of carboxylic acids is 1. The first-order chi connectivity index (χ1) is 8.51. The Bertz CT molecular complexity index is 339. The molecule has 0 aromatic rings. The van der Waals surface area contributed by atoms with Gasteiger partial charge in [0.05, 0.1) is 11.8 Å². The zero-order chi connectivity index (χ0) is 14.0. The van der Waals surface area contributed by atoms with Crippen LogP contribution in [0.2, 0.25) is 0 Å². The van der Waals surface area contributed by atoms with Crippen molar-refractivity contribution in [2.45, 2.75) is 25.3 Å². The minimum Gasteiger partial charge on any atom is -0.481 e. The van der Waals surface area contributed by atoms with Crippen molar-refractivity contribution in [1.82, 2.24) is 5.32 Å². The number of carbonyl (C=O) groups is 2. The first-order valence-electron chi connectivity index (χ1n) is 5.64. The number of aliphatic imine (C=N–C) groups is 2. The van der Waals surface area contributed by atoms with E-state index in [0.717, 1.165) is 0 Å². The molecule has 1 amide bonds. The molecule has 18 heavy (non-hydrogen) atoms. The number of aliphatic carboxylic acids is 1. The molecule has 0 aliphatic heterocycles. The van der Waals surface area contributed by atoms with Crippen LogP contribution >= 0.6 is 0 Å². The fraction of sp³-hybridized carbons (Fsp3) is 0.636. The van der Waals surface area contributed by atoms with Gasteiger partial charge in [0.15, 0.2) is 0 Å². The molecule has 0 aromatic heterocycles. The summed E-state index contributed by atoms with van der Waals surface area (Å²) < 4.78 is 0. The third-order valence-corrected chi connectivity index (χ3v) is 2.20. The Balaban J connectivity index is 3.99. The highest BCUT2D eigenvalue weighted by Gasteiger charge is 2.14. The van der Waals surface area contributed by atoms with E-state index in [0.29, 0.717) is 25.1 Å². The van der Waals surface area contributed by atoms with Gasteiger partial charge in [-0.2, -0.15) is 0 Å². The summed E-state index contributed by atoms with van der Waals surface area (Å²) in [4.78, 5) is 29.6. The maximum atomic E-state index is 11.6. The van der Waals surface area contributed by atoms with Crippen LogP contribution < -0.4 is 11.1 Å². The van der Waals surface area contributed by atoms with Crippen LogP contribution in [0.4, 0.5) is 0 Å². The Morgan fingerprint density at radius 2 is 2.11 bits per heavy atom. The zero-order valence-corrected chi connectivity index (χ0v) is 10.7. The predicted octanol–water partition coefficient (Wildman–Crippen LogP) is -0.544. The summed E-state index contributed by atoms with van der Waals surface area (Å²) in [6.45, 7) is 0.305. The summed E-state index contributed by atoms with van der Waals surface area (Å²) in [6, 6.07) is -0.702. The lowest BCUT2D eigenvalue weighted by molar-refractivity contribution is -0.137. The molecule has 7 nitrogen and oxygen atoms in total. The molecule has 102 valence electrons. The highest BCUT2D eigenvalue weighted by atomic mass is 16.4. The van der Waals surface area contributed by atoms with Crippen LogP contribution in [0, 0.1) is 0 Å².